The van der Waals surface area contributed by atoms with E-state index in [9.17, 15) is 5.11 Å². The van der Waals surface area contributed by atoms with Crippen molar-refractivity contribution in [2.75, 3.05) is 0 Å². The first-order valence-corrected chi connectivity index (χ1v) is 5.83. The van der Waals surface area contributed by atoms with Crippen LogP contribution in [0.3, 0.4) is 0 Å². The molecule has 1 fully saturated rings. The molecule has 0 spiro atoms. The molecule has 0 aromatic carbocycles. The Labute approximate surface area is 82.5 Å². The summed E-state index contributed by atoms with van der Waals surface area (Å²) in [5.74, 6) is 2.11. The van der Waals surface area contributed by atoms with Crippen molar-refractivity contribution < 1.29 is 5.11 Å². The molecule has 1 saturated carbocycles. The summed E-state index contributed by atoms with van der Waals surface area (Å²) >= 11 is 0. The second-order valence-corrected chi connectivity index (χ2v) is 4.92. The molecule has 4 atom stereocenters. The third-order valence-electron chi connectivity index (χ3n) is 3.60. The van der Waals surface area contributed by atoms with Crippen LogP contribution < -0.4 is 0 Å². The van der Waals surface area contributed by atoms with E-state index in [2.05, 4.69) is 20.8 Å². The van der Waals surface area contributed by atoms with Crippen molar-refractivity contribution in [2.24, 2.45) is 17.8 Å². The van der Waals surface area contributed by atoms with Crippen molar-refractivity contribution >= 4 is 0 Å². The average Bonchev–Trinajstić information content (AvgIpc) is 2.09. The van der Waals surface area contributed by atoms with Gasteiger partial charge in [0.15, 0.2) is 0 Å². The van der Waals surface area contributed by atoms with Gasteiger partial charge in [-0.15, -0.1) is 0 Å². The van der Waals surface area contributed by atoms with Crippen LogP contribution >= 0.6 is 0 Å². The van der Waals surface area contributed by atoms with Crippen LogP contribution in [0.25, 0.3) is 0 Å². The van der Waals surface area contributed by atoms with Gasteiger partial charge in [-0.05, 0) is 37.0 Å². The van der Waals surface area contributed by atoms with Gasteiger partial charge < -0.3 is 5.11 Å². The van der Waals surface area contributed by atoms with Crippen molar-refractivity contribution in [3.05, 3.63) is 0 Å². The van der Waals surface area contributed by atoms with E-state index in [0.717, 1.165) is 12.3 Å². The normalized spacial score (nSPS) is 37.4. The maximum atomic E-state index is 9.88. The Kier molecular flexibility index (Phi) is 4.24. The molecule has 0 aromatic rings. The Morgan fingerprint density at radius 2 is 2.08 bits per heavy atom. The molecule has 0 radical (unpaired) electrons. The van der Waals surface area contributed by atoms with Gasteiger partial charge in [0.25, 0.3) is 0 Å². The molecule has 1 nitrogen and oxygen atoms in total. The van der Waals surface area contributed by atoms with Gasteiger partial charge in [-0.25, -0.2) is 0 Å². The van der Waals surface area contributed by atoms with Crippen molar-refractivity contribution in [1.29, 1.82) is 0 Å². The topological polar surface area (TPSA) is 20.2 Å². The molecule has 0 aromatic heterocycles. The van der Waals surface area contributed by atoms with Crippen LogP contribution in [0.4, 0.5) is 0 Å². The first-order chi connectivity index (χ1) is 6.15. The van der Waals surface area contributed by atoms with Crippen LogP contribution in [0.15, 0.2) is 0 Å². The lowest BCUT2D eigenvalue weighted by Crippen LogP contribution is -2.32. The Morgan fingerprint density at radius 1 is 1.38 bits per heavy atom. The second kappa shape index (κ2) is 4.99. The quantitative estimate of drug-likeness (QED) is 0.714. The molecule has 78 valence electrons. The van der Waals surface area contributed by atoms with Crippen LogP contribution in [0, 0.1) is 17.8 Å². The van der Waals surface area contributed by atoms with Gasteiger partial charge in [0.1, 0.15) is 0 Å². The fourth-order valence-electron chi connectivity index (χ4n) is 2.69. The summed E-state index contributed by atoms with van der Waals surface area (Å²) in [6, 6.07) is 0. The standard InChI is InChI=1S/C12H24O/c1-4-5-10(3)11-8-9(2)6-7-12(11)13/h9-13H,4-8H2,1-3H3. The fourth-order valence-corrected chi connectivity index (χ4v) is 2.69. The smallest absolute Gasteiger partial charge is 0.0571 e. The minimum absolute atomic E-state index is 0.0160. The second-order valence-electron chi connectivity index (χ2n) is 4.92. The van der Waals surface area contributed by atoms with E-state index in [1.54, 1.807) is 0 Å². The van der Waals surface area contributed by atoms with Gasteiger partial charge in [0.05, 0.1) is 6.10 Å². The molecule has 0 aliphatic heterocycles. The Balaban J connectivity index is 2.44. The first-order valence-electron chi connectivity index (χ1n) is 5.83. The largest absolute Gasteiger partial charge is 0.393 e. The number of hydrogen-bond donors (Lipinski definition) is 1. The summed E-state index contributed by atoms with van der Waals surface area (Å²) in [6.07, 6.45) is 5.99. The molecule has 4 unspecified atom stereocenters. The van der Waals surface area contributed by atoms with Crippen molar-refractivity contribution in [1.82, 2.24) is 0 Å². The molecule has 1 rings (SSSR count). The lowest BCUT2D eigenvalue weighted by atomic mass is 9.73. The summed E-state index contributed by atoms with van der Waals surface area (Å²) in [4.78, 5) is 0. The van der Waals surface area contributed by atoms with Crippen molar-refractivity contribution in [3.8, 4) is 0 Å². The highest BCUT2D eigenvalue weighted by molar-refractivity contribution is 4.81. The molecule has 0 amide bonds. The average molecular weight is 184 g/mol. The number of hydrogen-bond acceptors (Lipinski definition) is 1. The predicted molar refractivity (Wildman–Crippen MR) is 56.6 cm³/mol. The summed E-state index contributed by atoms with van der Waals surface area (Å²) in [5.41, 5.74) is 0. The Morgan fingerprint density at radius 3 is 2.69 bits per heavy atom. The first kappa shape index (κ1) is 11.0. The lowest BCUT2D eigenvalue weighted by molar-refractivity contribution is 0.0219. The fraction of sp³-hybridized carbons (Fsp3) is 1.00. The minimum atomic E-state index is -0.0160. The molecule has 1 aliphatic carbocycles. The Bertz CT molecular complexity index is 144. The zero-order valence-electron chi connectivity index (χ0n) is 9.29. The summed E-state index contributed by atoms with van der Waals surface area (Å²) in [6.45, 7) is 6.85. The maximum Gasteiger partial charge on any atom is 0.0571 e. The van der Waals surface area contributed by atoms with E-state index in [4.69, 9.17) is 0 Å². The van der Waals surface area contributed by atoms with Crippen LogP contribution in [-0.2, 0) is 0 Å². The Hall–Kier alpha value is -0.0400. The predicted octanol–water partition coefficient (Wildman–Crippen LogP) is 3.22. The molecule has 1 aliphatic rings. The highest BCUT2D eigenvalue weighted by atomic mass is 16.3. The van der Waals surface area contributed by atoms with E-state index in [1.165, 1.54) is 25.7 Å². The van der Waals surface area contributed by atoms with Gasteiger partial charge in [0, 0.05) is 0 Å². The number of aliphatic hydroxyl groups excluding tert-OH is 1. The molecular formula is C12H24O. The monoisotopic (exact) mass is 184 g/mol. The molecular weight excluding hydrogens is 160 g/mol. The highest BCUT2D eigenvalue weighted by Crippen LogP contribution is 2.35. The summed E-state index contributed by atoms with van der Waals surface area (Å²) in [5, 5.41) is 9.88. The maximum absolute atomic E-state index is 9.88. The van der Waals surface area contributed by atoms with E-state index in [1.807, 2.05) is 0 Å². The molecule has 0 bridgehead atoms. The molecule has 13 heavy (non-hydrogen) atoms. The SMILES string of the molecule is CCCC(C)C1CC(C)CCC1O. The number of aliphatic hydroxyl groups is 1. The van der Waals surface area contributed by atoms with Crippen molar-refractivity contribution in [2.45, 2.75) is 59.0 Å². The molecule has 1 heteroatoms. The van der Waals surface area contributed by atoms with Crippen LogP contribution in [-0.4, -0.2) is 11.2 Å². The molecule has 1 N–H and O–H groups in total. The minimum Gasteiger partial charge on any atom is -0.393 e. The summed E-state index contributed by atoms with van der Waals surface area (Å²) in [7, 11) is 0. The van der Waals surface area contributed by atoms with Crippen molar-refractivity contribution in [3.63, 3.8) is 0 Å². The van der Waals surface area contributed by atoms with E-state index in [0.29, 0.717) is 11.8 Å². The summed E-state index contributed by atoms with van der Waals surface area (Å²) < 4.78 is 0. The highest BCUT2D eigenvalue weighted by Gasteiger charge is 2.30. The van der Waals surface area contributed by atoms with Gasteiger partial charge in [-0.3, -0.25) is 0 Å². The van der Waals surface area contributed by atoms with E-state index < -0.39 is 0 Å². The third kappa shape index (κ3) is 2.98. The van der Waals surface area contributed by atoms with E-state index >= 15 is 0 Å². The third-order valence-corrected chi connectivity index (χ3v) is 3.60. The lowest BCUT2D eigenvalue weighted by Gasteiger charge is -2.35. The molecule has 0 saturated heterocycles. The van der Waals surface area contributed by atoms with Gasteiger partial charge >= 0.3 is 0 Å². The van der Waals surface area contributed by atoms with Crippen LogP contribution in [0.5, 0.6) is 0 Å². The van der Waals surface area contributed by atoms with Crippen LogP contribution in [0.2, 0.25) is 0 Å². The van der Waals surface area contributed by atoms with Crippen LogP contribution in [0.1, 0.15) is 52.9 Å². The van der Waals surface area contributed by atoms with Gasteiger partial charge in [-0.1, -0.05) is 33.6 Å². The van der Waals surface area contributed by atoms with E-state index in [-0.39, 0.29) is 6.10 Å². The molecule has 0 heterocycles. The van der Waals surface area contributed by atoms with Gasteiger partial charge in [-0.2, -0.15) is 0 Å². The zero-order chi connectivity index (χ0) is 9.84. The zero-order valence-corrected chi connectivity index (χ0v) is 9.29. The van der Waals surface area contributed by atoms with Gasteiger partial charge in [0.2, 0.25) is 0 Å². The number of rotatable bonds is 3.